The lowest BCUT2D eigenvalue weighted by atomic mass is 10.1. The van der Waals surface area contributed by atoms with Crippen molar-refractivity contribution in [2.24, 2.45) is 0 Å². The zero-order chi connectivity index (χ0) is 17.2. The molecule has 0 saturated carbocycles. The van der Waals surface area contributed by atoms with Gasteiger partial charge in [0.05, 0.1) is 6.42 Å². The van der Waals surface area contributed by atoms with Crippen LogP contribution in [0.3, 0.4) is 0 Å². The van der Waals surface area contributed by atoms with E-state index in [1.54, 1.807) is 0 Å². The third kappa shape index (κ3) is 5.96. The van der Waals surface area contributed by atoms with Gasteiger partial charge in [-0.2, -0.15) is 0 Å². The van der Waals surface area contributed by atoms with Crippen molar-refractivity contribution in [2.75, 3.05) is 31.2 Å². The Hall–Kier alpha value is -1.88. The minimum atomic E-state index is 0.0218. The Morgan fingerprint density at radius 2 is 1.96 bits per heavy atom. The van der Waals surface area contributed by atoms with Crippen molar-refractivity contribution in [3.63, 3.8) is 0 Å². The molecular weight excluding hydrogens is 304 g/mol. The summed E-state index contributed by atoms with van der Waals surface area (Å²) in [5, 5.41) is 2.92. The summed E-state index contributed by atoms with van der Waals surface area (Å²) >= 11 is 0. The van der Waals surface area contributed by atoms with Gasteiger partial charge in [-0.25, -0.2) is 0 Å². The molecular formula is C19H28N2O3. The fraction of sp³-hybridized carbons (Fsp3) is 0.579. The molecule has 2 amide bonds. The van der Waals surface area contributed by atoms with E-state index < -0.39 is 0 Å². The van der Waals surface area contributed by atoms with Crippen LogP contribution >= 0.6 is 0 Å². The summed E-state index contributed by atoms with van der Waals surface area (Å²) in [7, 11) is 0. The van der Waals surface area contributed by atoms with Crippen molar-refractivity contribution in [2.45, 2.75) is 45.4 Å². The predicted molar refractivity (Wildman–Crippen MR) is 95.1 cm³/mol. The zero-order valence-corrected chi connectivity index (χ0v) is 14.6. The smallest absolute Gasteiger partial charge is 0.227 e. The summed E-state index contributed by atoms with van der Waals surface area (Å²) in [6.07, 6.45) is 4.99. The van der Waals surface area contributed by atoms with Gasteiger partial charge in [0, 0.05) is 38.4 Å². The van der Waals surface area contributed by atoms with Crippen LogP contribution in [0, 0.1) is 0 Å². The lowest BCUT2D eigenvalue weighted by molar-refractivity contribution is -0.120. The minimum absolute atomic E-state index is 0.0218. The number of nitrogens with one attached hydrogen (secondary N) is 1. The van der Waals surface area contributed by atoms with Crippen molar-refractivity contribution in [1.29, 1.82) is 0 Å². The maximum atomic E-state index is 11.9. The van der Waals surface area contributed by atoms with Crippen LogP contribution in [0.5, 0.6) is 0 Å². The molecule has 1 saturated heterocycles. The van der Waals surface area contributed by atoms with Gasteiger partial charge >= 0.3 is 0 Å². The topological polar surface area (TPSA) is 58.6 Å². The molecule has 0 atom stereocenters. The van der Waals surface area contributed by atoms with Gasteiger partial charge in [-0.1, -0.05) is 25.5 Å². The normalized spacial score (nSPS) is 14.2. The number of hydrogen-bond acceptors (Lipinski definition) is 3. The van der Waals surface area contributed by atoms with Crippen molar-refractivity contribution in [3.8, 4) is 0 Å². The number of amides is 2. The molecule has 0 spiro atoms. The molecule has 0 aliphatic carbocycles. The van der Waals surface area contributed by atoms with E-state index in [0.717, 1.165) is 50.1 Å². The van der Waals surface area contributed by atoms with Crippen LogP contribution < -0.4 is 10.2 Å². The van der Waals surface area contributed by atoms with E-state index in [0.29, 0.717) is 26.0 Å². The molecule has 2 rings (SSSR count). The lowest BCUT2D eigenvalue weighted by Crippen LogP contribution is -2.27. The van der Waals surface area contributed by atoms with Crippen LogP contribution in [0.25, 0.3) is 0 Å². The van der Waals surface area contributed by atoms with Crippen LogP contribution in [0.4, 0.5) is 5.69 Å². The van der Waals surface area contributed by atoms with E-state index in [-0.39, 0.29) is 11.8 Å². The zero-order valence-electron chi connectivity index (χ0n) is 14.6. The SMILES string of the molecule is CCCCOCCCNC(=O)Cc1ccc(N2CCCC2=O)cc1. The largest absolute Gasteiger partial charge is 0.381 e. The van der Waals surface area contributed by atoms with Gasteiger partial charge in [-0.15, -0.1) is 0 Å². The number of nitrogens with zero attached hydrogens (tertiary/aromatic N) is 1. The number of unbranched alkanes of at least 4 members (excludes halogenated alkanes) is 1. The van der Waals surface area contributed by atoms with Gasteiger partial charge in [0.15, 0.2) is 0 Å². The van der Waals surface area contributed by atoms with Gasteiger partial charge in [0.2, 0.25) is 11.8 Å². The molecule has 1 aliphatic heterocycles. The molecule has 5 heteroatoms. The van der Waals surface area contributed by atoms with Crippen LogP contribution in [0.1, 0.15) is 44.6 Å². The first kappa shape index (κ1) is 18.5. The Morgan fingerprint density at radius 1 is 1.21 bits per heavy atom. The summed E-state index contributed by atoms with van der Waals surface area (Å²) in [5.41, 5.74) is 1.88. The molecule has 5 nitrogen and oxygen atoms in total. The number of carbonyl (C=O) groups excluding carboxylic acids is 2. The maximum absolute atomic E-state index is 11.9. The van der Waals surface area contributed by atoms with Crippen molar-refractivity contribution < 1.29 is 14.3 Å². The number of hydrogen-bond donors (Lipinski definition) is 1. The molecule has 0 aromatic heterocycles. The van der Waals surface area contributed by atoms with Crippen molar-refractivity contribution in [3.05, 3.63) is 29.8 Å². The monoisotopic (exact) mass is 332 g/mol. The minimum Gasteiger partial charge on any atom is -0.381 e. The summed E-state index contributed by atoms with van der Waals surface area (Å²) < 4.78 is 5.46. The van der Waals surface area contributed by atoms with E-state index in [4.69, 9.17) is 4.74 Å². The van der Waals surface area contributed by atoms with Crippen LogP contribution in [-0.2, 0) is 20.7 Å². The van der Waals surface area contributed by atoms with Crippen LogP contribution in [0.15, 0.2) is 24.3 Å². The quantitative estimate of drug-likeness (QED) is 0.670. The van der Waals surface area contributed by atoms with Gasteiger partial charge in [0.25, 0.3) is 0 Å². The van der Waals surface area contributed by atoms with Gasteiger partial charge < -0.3 is 15.0 Å². The second-order valence-electron chi connectivity index (χ2n) is 6.16. The molecule has 0 radical (unpaired) electrons. The molecule has 1 aromatic rings. The maximum Gasteiger partial charge on any atom is 0.227 e. The highest BCUT2D eigenvalue weighted by molar-refractivity contribution is 5.95. The van der Waals surface area contributed by atoms with Gasteiger partial charge in [-0.3, -0.25) is 9.59 Å². The fourth-order valence-electron chi connectivity index (χ4n) is 2.71. The van der Waals surface area contributed by atoms with E-state index in [9.17, 15) is 9.59 Å². The fourth-order valence-corrected chi connectivity index (χ4v) is 2.71. The summed E-state index contributed by atoms with van der Waals surface area (Å²) in [6.45, 7) is 5.07. The van der Waals surface area contributed by atoms with E-state index in [1.807, 2.05) is 29.2 Å². The molecule has 1 aromatic carbocycles. The Bertz CT molecular complexity index is 528. The average Bonchev–Trinajstić information content (AvgIpc) is 3.01. The van der Waals surface area contributed by atoms with E-state index in [1.165, 1.54) is 0 Å². The highest BCUT2D eigenvalue weighted by Gasteiger charge is 2.21. The summed E-state index contributed by atoms with van der Waals surface area (Å²) in [6, 6.07) is 7.70. The Balaban J connectivity index is 1.66. The number of benzene rings is 1. The average molecular weight is 332 g/mol. The Labute approximate surface area is 144 Å². The first-order valence-corrected chi connectivity index (χ1v) is 8.94. The molecule has 24 heavy (non-hydrogen) atoms. The molecule has 1 fully saturated rings. The highest BCUT2D eigenvalue weighted by Crippen LogP contribution is 2.21. The first-order chi connectivity index (χ1) is 11.7. The highest BCUT2D eigenvalue weighted by atomic mass is 16.5. The third-order valence-electron chi connectivity index (χ3n) is 4.12. The van der Waals surface area contributed by atoms with Crippen LogP contribution in [0.2, 0.25) is 0 Å². The lowest BCUT2D eigenvalue weighted by Gasteiger charge is -2.15. The van der Waals surface area contributed by atoms with E-state index >= 15 is 0 Å². The van der Waals surface area contributed by atoms with Crippen molar-refractivity contribution >= 4 is 17.5 Å². The molecule has 0 unspecified atom stereocenters. The second kappa shape index (κ2) is 10.1. The third-order valence-corrected chi connectivity index (χ3v) is 4.12. The number of carbonyl (C=O) groups is 2. The summed E-state index contributed by atoms with van der Waals surface area (Å²) in [5.74, 6) is 0.204. The van der Waals surface area contributed by atoms with Crippen molar-refractivity contribution in [1.82, 2.24) is 5.32 Å². The second-order valence-corrected chi connectivity index (χ2v) is 6.16. The first-order valence-electron chi connectivity index (χ1n) is 8.94. The molecule has 1 N–H and O–H groups in total. The molecule has 1 heterocycles. The Morgan fingerprint density at radius 3 is 2.62 bits per heavy atom. The van der Waals surface area contributed by atoms with Gasteiger partial charge in [0.1, 0.15) is 0 Å². The number of ether oxygens (including phenoxy) is 1. The van der Waals surface area contributed by atoms with Crippen LogP contribution in [-0.4, -0.2) is 38.1 Å². The number of rotatable bonds is 10. The molecule has 0 bridgehead atoms. The Kier molecular flexibility index (Phi) is 7.75. The molecule has 1 aliphatic rings. The molecule has 132 valence electrons. The summed E-state index contributed by atoms with van der Waals surface area (Å²) in [4.78, 5) is 25.5. The van der Waals surface area contributed by atoms with E-state index in [2.05, 4.69) is 12.2 Å². The standard InChI is InChI=1S/C19H28N2O3/c1-2-3-13-24-14-5-11-20-18(22)15-16-7-9-17(10-8-16)21-12-4-6-19(21)23/h7-10H,2-6,11-15H2,1H3,(H,20,22). The predicted octanol–water partition coefficient (Wildman–Crippen LogP) is 2.68. The number of anilines is 1. The van der Waals surface area contributed by atoms with Gasteiger partial charge in [-0.05, 0) is 37.0 Å².